The van der Waals surface area contributed by atoms with E-state index in [1.165, 1.54) is 0 Å². The van der Waals surface area contributed by atoms with Crippen molar-refractivity contribution < 1.29 is 45.8 Å². The summed E-state index contributed by atoms with van der Waals surface area (Å²) in [6, 6.07) is -0.472. The van der Waals surface area contributed by atoms with Gasteiger partial charge in [-0.2, -0.15) is 13.2 Å². The highest BCUT2D eigenvalue weighted by Crippen LogP contribution is 2.32. The highest BCUT2D eigenvalue weighted by Gasteiger charge is 2.41. The van der Waals surface area contributed by atoms with Gasteiger partial charge in [-0.25, -0.2) is 22.9 Å². The molecule has 0 unspecified atom stereocenters. The second-order valence-corrected chi connectivity index (χ2v) is 7.47. The van der Waals surface area contributed by atoms with Crippen LogP contribution in [-0.4, -0.2) is 50.1 Å². The zero-order valence-corrected chi connectivity index (χ0v) is 17.1. The summed E-state index contributed by atoms with van der Waals surface area (Å²) in [5, 5.41) is 11.0. The van der Waals surface area contributed by atoms with Gasteiger partial charge in [0.25, 0.3) is 5.91 Å². The van der Waals surface area contributed by atoms with Crippen molar-refractivity contribution >= 4 is 17.9 Å². The van der Waals surface area contributed by atoms with Crippen LogP contribution in [0.25, 0.3) is 0 Å². The summed E-state index contributed by atoms with van der Waals surface area (Å²) in [5.74, 6) is -7.31. The molecule has 0 saturated heterocycles. The predicted octanol–water partition coefficient (Wildman–Crippen LogP) is 2.03. The molecule has 2 aromatic rings. The molecule has 0 aliphatic carbocycles. The summed E-state index contributed by atoms with van der Waals surface area (Å²) < 4.78 is 81.0. The van der Waals surface area contributed by atoms with Gasteiger partial charge in [-0.3, -0.25) is 9.59 Å². The van der Waals surface area contributed by atoms with Crippen LogP contribution in [0.1, 0.15) is 34.0 Å². The van der Waals surface area contributed by atoms with E-state index >= 15 is 0 Å². The van der Waals surface area contributed by atoms with Gasteiger partial charge in [0.1, 0.15) is 5.82 Å². The number of carboxylic acid groups (broad SMARTS) is 1. The van der Waals surface area contributed by atoms with E-state index in [9.17, 15) is 40.7 Å². The predicted molar refractivity (Wildman–Crippen MR) is 101 cm³/mol. The van der Waals surface area contributed by atoms with E-state index in [-0.39, 0.29) is 24.8 Å². The SMILES string of the molecule is NC(=O)c1nc(C(F)(F)F)n2c1CN(C(=O)C[C@@H](Cc1cc(F)c(F)cc1F)NC(=O)O)CC2. The van der Waals surface area contributed by atoms with Crippen LogP contribution in [0.4, 0.5) is 31.1 Å². The molecule has 2 heterocycles. The number of hydrogen-bond donors (Lipinski definition) is 3. The molecular formula is C19H17F6N5O4. The Hall–Kier alpha value is -3.78. The molecule has 34 heavy (non-hydrogen) atoms. The smallest absolute Gasteiger partial charge is 0.449 e. The zero-order chi connectivity index (χ0) is 25.4. The number of carbonyl (C=O) groups is 3. The Morgan fingerprint density at radius 3 is 2.35 bits per heavy atom. The Bertz CT molecular complexity index is 1150. The van der Waals surface area contributed by atoms with Crippen LogP contribution in [-0.2, 0) is 30.5 Å². The van der Waals surface area contributed by atoms with Crippen molar-refractivity contribution in [2.45, 2.75) is 38.1 Å². The molecule has 15 heteroatoms. The lowest BCUT2D eigenvalue weighted by Gasteiger charge is -2.30. The van der Waals surface area contributed by atoms with Gasteiger partial charge in [0.05, 0.1) is 12.2 Å². The van der Waals surface area contributed by atoms with Gasteiger partial charge in [0.2, 0.25) is 11.7 Å². The summed E-state index contributed by atoms with van der Waals surface area (Å²) in [5.41, 5.74) is 3.83. The van der Waals surface area contributed by atoms with Crippen LogP contribution in [0.5, 0.6) is 0 Å². The number of alkyl halides is 3. The second-order valence-electron chi connectivity index (χ2n) is 7.47. The molecule has 0 bridgehead atoms. The van der Waals surface area contributed by atoms with E-state index < -0.39 is 84.0 Å². The average molecular weight is 493 g/mol. The van der Waals surface area contributed by atoms with Crippen LogP contribution in [0.2, 0.25) is 0 Å². The molecule has 4 N–H and O–H groups in total. The van der Waals surface area contributed by atoms with Crippen LogP contribution in [0.15, 0.2) is 12.1 Å². The molecule has 1 aromatic heterocycles. The number of halogens is 6. The first-order valence-electron chi connectivity index (χ1n) is 9.65. The van der Waals surface area contributed by atoms with Crippen molar-refractivity contribution in [2.24, 2.45) is 5.73 Å². The van der Waals surface area contributed by atoms with E-state index in [4.69, 9.17) is 10.8 Å². The van der Waals surface area contributed by atoms with Crippen LogP contribution in [0.3, 0.4) is 0 Å². The van der Waals surface area contributed by atoms with Gasteiger partial charge in [-0.15, -0.1) is 0 Å². The first-order valence-corrected chi connectivity index (χ1v) is 9.65. The highest BCUT2D eigenvalue weighted by atomic mass is 19.4. The molecule has 9 nitrogen and oxygen atoms in total. The molecule has 0 radical (unpaired) electrons. The molecular weight excluding hydrogens is 476 g/mol. The van der Waals surface area contributed by atoms with E-state index in [2.05, 4.69) is 4.98 Å². The van der Waals surface area contributed by atoms with E-state index in [1.807, 2.05) is 5.32 Å². The van der Waals surface area contributed by atoms with E-state index in [0.29, 0.717) is 6.07 Å². The fourth-order valence-electron chi connectivity index (χ4n) is 3.67. The lowest BCUT2D eigenvalue weighted by Crippen LogP contribution is -2.44. The molecule has 0 saturated carbocycles. The Kier molecular flexibility index (Phi) is 6.74. The molecule has 1 aliphatic heterocycles. The standard InChI is InChI=1S/C19H17F6N5O4/c20-10-6-12(22)11(21)4-8(10)3-9(27-18(33)34)5-14(31)29-1-2-30-13(7-29)15(16(26)32)28-17(30)19(23,24)25/h4,6,9,27H,1-3,5,7H2,(H2,26,32)(H,33,34)/t9-/m1/s1. The van der Waals surface area contributed by atoms with Gasteiger partial charge in [0.15, 0.2) is 17.3 Å². The average Bonchev–Trinajstić information content (AvgIpc) is 3.11. The van der Waals surface area contributed by atoms with Crippen molar-refractivity contribution in [3.63, 3.8) is 0 Å². The maximum Gasteiger partial charge on any atom is 0.449 e. The first kappa shape index (κ1) is 24.9. The largest absolute Gasteiger partial charge is 0.465 e. The monoisotopic (exact) mass is 493 g/mol. The number of benzene rings is 1. The Morgan fingerprint density at radius 2 is 1.76 bits per heavy atom. The van der Waals surface area contributed by atoms with Crippen molar-refractivity contribution in [1.29, 1.82) is 0 Å². The number of fused-ring (bicyclic) bond motifs is 1. The highest BCUT2D eigenvalue weighted by molar-refractivity contribution is 5.92. The minimum absolute atomic E-state index is 0.233. The molecule has 3 amide bonds. The summed E-state index contributed by atoms with van der Waals surface area (Å²) in [6.07, 6.45) is -7.56. The maximum atomic E-state index is 14.0. The number of hydrogen-bond acceptors (Lipinski definition) is 4. The third kappa shape index (κ3) is 5.23. The molecule has 1 atom stereocenters. The number of nitrogens with two attached hydrogens (primary N) is 1. The Balaban J connectivity index is 1.81. The number of nitrogens with one attached hydrogen (secondary N) is 1. The number of rotatable bonds is 6. The summed E-state index contributed by atoms with van der Waals surface area (Å²) in [6.45, 7) is -1.08. The molecule has 0 spiro atoms. The molecule has 1 aromatic carbocycles. The number of imidazole rings is 1. The third-order valence-electron chi connectivity index (χ3n) is 5.15. The van der Waals surface area contributed by atoms with Crippen LogP contribution >= 0.6 is 0 Å². The number of amides is 3. The van der Waals surface area contributed by atoms with Crippen molar-refractivity contribution in [3.8, 4) is 0 Å². The normalized spacial score (nSPS) is 14.5. The molecule has 184 valence electrons. The lowest BCUT2D eigenvalue weighted by atomic mass is 10.0. The summed E-state index contributed by atoms with van der Waals surface area (Å²) >= 11 is 0. The Labute approximate surface area is 187 Å². The van der Waals surface area contributed by atoms with E-state index in [1.54, 1.807) is 0 Å². The second kappa shape index (κ2) is 9.23. The first-order chi connectivity index (χ1) is 15.8. The summed E-state index contributed by atoms with van der Waals surface area (Å²) in [7, 11) is 0. The maximum absolute atomic E-state index is 14.0. The molecule has 0 fully saturated rings. The van der Waals surface area contributed by atoms with Crippen molar-refractivity contribution in [1.82, 2.24) is 19.8 Å². The fourth-order valence-corrected chi connectivity index (χ4v) is 3.67. The zero-order valence-electron chi connectivity index (χ0n) is 17.1. The van der Waals surface area contributed by atoms with Crippen LogP contribution in [0, 0.1) is 17.5 Å². The van der Waals surface area contributed by atoms with E-state index in [0.717, 1.165) is 9.47 Å². The Morgan fingerprint density at radius 1 is 1.12 bits per heavy atom. The van der Waals surface area contributed by atoms with Gasteiger partial charge in [-0.1, -0.05) is 0 Å². The molecule has 3 rings (SSSR count). The summed E-state index contributed by atoms with van der Waals surface area (Å²) in [4.78, 5) is 39.8. The molecule has 1 aliphatic rings. The van der Waals surface area contributed by atoms with Gasteiger partial charge < -0.3 is 25.6 Å². The van der Waals surface area contributed by atoms with Crippen molar-refractivity contribution in [2.75, 3.05) is 6.54 Å². The number of aromatic nitrogens is 2. The lowest BCUT2D eigenvalue weighted by molar-refractivity contribution is -0.148. The topological polar surface area (TPSA) is 131 Å². The van der Waals surface area contributed by atoms with Crippen LogP contribution < -0.4 is 11.1 Å². The number of nitrogens with zero attached hydrogens (tertiary/aromatic N) is 3. The fraction of sp³-hybridized carbons (Fsp3) is 0.368. The van der Waals surface area contributed by atoms with Gasteiger partial charge in [0, 0.05) is 31.6 Å². The number of carbonyl (C=O) groups excluding carboxylic acids is 2. The minimum atomic E-state index is -4.88. The minimum Gasteiger partial charge on any atom is -0.465 e. The third-order valence-corrected chi connectivity index (χ3v) is 5.15. The van der Waals surface area contributed by atoms with Gasteiger partial charge in [-0.05, 0) is 18.1 Å². The quantitative estimate of drug-likeness (QED) is 0.419. The van der Waals surface area contributed by atoms with Crippen molar-refractivity contribution in [3.05, 3.63) is 52.4 Å². The van der Waals surface area contributed by atoms with Gasteiger partial charge >= 0.3 is 12.3 Å². The number of primary amides is 1.